The zero-order chi connectivity index (χ0) is 13.5. The van der Waals surface area contributed by atoms with E-state index in [1.807, 2.05) is 6.92 Å². The lowest BCUT2D eigenvalue weighted by molar-refractivity contribution is -0.144. The predicted molar refractivity (Wildman–Crippen MR) is 71.9 cm³/mol. The second-order valence-electron chi connectivity index (χ2n) is 3.92. The molecule has 100 valence electrons. The second kappa shape index (κ2) is 7.62. The highest BCUT2D eigenvalue weighted by Crippen LogP contribution is 2.31. The van der Waals surface area contributed by atoms with Crippen molar-refractivity contribution in [3.05, 3.63) is 33.8 Å². The highest BCUT2D eigenvalue weighted by Gasteiger charge is 2.15. The molecule has 1 N–H and O–H groups in total. The third-order valence-electron chi connectivity index (χ3n) is 2.43. The molecule has 0 aliphatic heterocycles. The smallest absolute Gasteiger partial charge is 0.305 e. The van der Waals surface area contributed by atoms with Crippen molar-refractivity contribution < 1.29 is 14.6 Å². The Bertz CT molecular complexity index is 407. The van der Waals surface area contributed by atoms with Crippen molar-refractivity contribution in [3.8, 4) is 0 Å². The molecule has 0 saturated carbocycles. The van der Waals surface area contributed by atoms with Crippen LogP contribution in [0.2, 0.25) is 10.0 Å². The van der Waals surface area contributed by atoms with E-state index in [-0.39, 0.29) is 18.8 Å². The van der Waals surface area contributed by atoms with Gasteiger partial charge in [0.25, 0.3) is 0 Å². The fraction of sp³-hybridized carbons (Fsp3) is 0.462. The number of carbonyl (C=O) groups excluding carboxylic acids is 1. The van der Waals surface area contributed by atoms with Gasteiger partial charge in [-0.15, -0.1) is 0 Å². The molecule has 0 radical (unpaired) electrons. The summed E-state index contributed by atoms with van der Waals surface area (Å²) in [6.45, 7) is 2.33. The molecule has 0 spiro atoms. The summed E-state index contributed by atoms with van der Waals surface area (Å²) in [5.41, 5.74) is 0.535. The van der Waals surface area contributed by atoms with Gasteiger partial charge < -0.3 is 9.84 Å². The number of benzene rings is 1. The summed E-state index contributed by atoms with van der Waals surface area (Å²) >= 11 is 11.8. The standard InChI is InChI=1S/C13H16Cl2O3/c1-2-8-18-12(17)7-6-11(16)9-4-3-5-10(14)13(9)15/h3-5,11,16H,2,6-8H2,1H3. The SMILES string of the molecule is CCCOC(=O)CCC(O)c1cccc(Cl)c1Cl. The summed E-state index contributed by atoms with van der Waals surface area (Å²) in [7, 11) is 0. The molecule has 0 aliphatic carbocycles. The van der Waals surface area contributed by atoms with Gasteiger partial charge in [0.2, 0.25) is 0 Å². The van der Waals surface area contributed by atoms with E-state index < -0.39 is 6.10 Å². The molecule has 1 atom stereocenters. The number of ether oxygens (including phenoxy) is 1. The highest BCUT2D eigenvalue weighted by atomic mass is 35.5. The first kappa shape index (κ1) is 15.3. The van der Waals surface area contributed by atoms with Gasteiger partial charge in [0.1, 0.15) is 0 Å². The van der Waals surface area contributed by atoms with E-state index in [9.17, 15) is 9.90 Å². The van der Waals surface area contributed by atoms with E-state index in [2.05, 4.69) is 0 Å². The topological polar surface area (TPSA) is 46.5 Å². The monoisotopic (exact) mass is 290 g/mol. The molecule has 0 heterocycles. The molecule has 0 fully saturated rings. The van der Waals surface area contributed by atoms with E-state index in [0.29, 0.717) is 22.2 Å². The van der Waals surface area contributed by atoms with E-state index in [1.54, 1.807) is 18.2 Å². The van der Waals surface area contributed by atoms with Gasteiger partial charge in [-0.1, -0.05) is 42.3 Å². The molecule has 0 amide bonds. The summed E-state index contributed by atoms with van der Waals surface area (Å²) in [6.07, 6.45) is 0.395. The minimum absolute atomic E-state index is 0.157. The Balaban J connectivity index is 2.52. The molecule has 3 nitrogen and oxygen atoms in total. The van der Waals surface area contributed by atoms with Crippen LogP contribution in [-0.2, 0) is 9.53 Å². The molecule has 5 heteroatoms. The number of esters is 1. The van der Waals surface area contributed by atoms with Gasteiger partial charge >= 0.3 is 5.97 Å². The minimum atomic E-state index is -0.814. The lowest BCUT2D eigenvalue weighted by atomic mass is 10.1. The first-order valence-electron chi connectivity index (χ1n) is 5.83. The maximum atomic E-state index is 11.3. The van der Waals surface area contributed by atoms with Crippen LogP contribution >= 0.6 is 23.2 Å². The number of hydrogen-bond acceptors (Lipinski definition) is 3. The summed E-state index contributed by atoms with van der Waals surface area (Å²) in [4.78, 5) is 11.3. The Morgan fingerprint density at radius 3 is 2.83 bits per heavy atom. The van der Waals surface area contributed by atoms with Gasteiger partial charge in [0.05, 0.1) is 22.8 Å². The zero-order valence-electron chi connectivity index (χ0n) is 10.2. The molecule has 1 rings (SSSR count). The first-order chi connectivity index (χ1) is 8.56. The molecule has 18 heavy (non-hydrogen) atoms. The van der Waals surface area contributed by atoms with Gasteiger partial charge in [0.15, 0.2) is 0 Å². The van der Waals surface area contributed by atoms with Crippen molar-refractivity contribution in [2.75, 3.05) is 6.61 Å². The van der Waals surface area contributed by atoms with Crippen LogP contribution in [0.1, 0.15) is 37.9 Å². The van der Waals surface area contributed by atoms with E-state index in [4.69, 9.17) is 27.9 Å². The molecule has 1 aromatic rings. The van der Waals surface area contributed by atoms with Crippen LogP contribution in [0.4, 0.5) is 0 Å². The van der Waals surface area contributed by atoms with Gasteiger partial charge in [-0.3, -0.25) is 4.79 Å². The molecular formula is C13H16Cl2O3. The average molecular weight is 291 g/mol. The molecule has 0 aliphatic rings. The number of halogens is 2. The lowest BCUT2D eigenvalue weighted by Crippen LogP contribution is -2.08. The number of carbonyl (C=O) groups is 1. The number of hydrogen-bond donors (Lipinski definition) is 1. The van der Waals surface area contributed by atoms with Crippen molar-refractivity contribution in [1.29, 1.82) is 0 Å². The Hall–Kier alpha value is -0.770. The van der Waals surface area contributed by atoms with Crippen LogP contribution < -0.4 is 0 Å². The third-order valence-corrected chi connectivity index (χ3v) is 3.26. The Morgan fingerprint density at radius 2 is 2.17 bits per heavy atom. The van der Waals surface area contributed by atoms with Crippen LogP contribution in [-0.4, -0.2) is 17.7 Å². The van der Waals surface area contributed by atoms with E-state index in [1.165, 1.54) is 0 Å². The van der Waals surface area contributed by atoms with Gasteiger partial charge in [-0.2, -0.15) is 0 Å². The summed E-state index contributed by atoms with van der Waals surface area (Å²) in [5.74, 6) is -0.311. The molecule has 0 aromatic heterocycles. The molecule has 0 saturated heterocycles. The fourth-order valence-electron chi connectivity index (χ4n) is 1.48. The van der Waals surface area contributed by atoms with Crippen molar-refractivity contribution >= 4 is 29.2 Å². The van der Waals surface area contributed by atoms with E-state index >= 15 is 0 Å². The Kier molecular flexibility index (Phi) is 6.47. The van der Waals surface area contributed by atoms with Crippen LogP contribution in [0.3, 0.4) is 0 Å². The maximum absolute atomic E-state index is 11.3. The van der Waals surface area contributed by atoms with Crippen molar-refractivity contribution in [2.45, 2.75) is 32.3 Å². The van der Waals surface area contributed by atoms with Crippen LogP contribution in [0, 0.1) is 0 Å². The second-order valence-corrected chi connectivity index (χ2v) is 4.70. The van der Waals surface area contributed by atoms with Crippen LogP contribution in [0.5, 0.6) is 0 Å². The zero-order valence-corrected chi connectivity index (χ0v) is 11.7. The normalized spacial score (nSPS) is 12.2. The maximum Gasteiger partial charge on any atom is 0.305 e. The van der Waals surface area contributed by atoms with Crippen LogP contribution in [0.15, 0.2) is 18.2 Å². The quantitative estimate of drug-likeness (QED) is 0.812. The molecule has 0 bridgehead atoms. The lowest BCUT2D eigenvalue weighted by Gasteiger charge is -2.13. The highest BCUT2D eigenvalue weighted by molar-refractivity contribution is 6.42. The van der Waals surface area contributed by atoms with Crippen molar-refractivity contribution in [3.63, 3.8) is 0 Å². The predicted octanol–water partition coefficient (Wildman–Crippen LogP) is 3.76. The average Bonchev–Trinajstić information content (AvgIpc) is 2.36. The Labute approximate surface area is 117 Å². The summed E-state index contributed by atoms with van der Waals surface area (Å²) in [5, 5.41) is 10.7. The third kappa shape index (κ3) is 4.48. The van der Waals surface area contributed by atoms with Gasteiger partial charge in [0, 0.05) is 12.0 Å². The summed E-state index contributed by atoms with van der Waals surface area (Å²) in [6, 6.07) is 5.05. The van der Waals surface area contributed by atoms with Gasteiger partial charge in [-0.25, -0.2) is 0 Å². The summed E-state index contributed by atoms with van der Waals surface area (Å²) < 4.78 is 4.92. The van der Waals surface area contributed by atoms with Gasteiger partial charge in [-0.05, 0) is 18.9 Å². The van der Waals surface area contributed by atoms with Crippen molar-refractivity contribution in [2.24, 2.45) is 0 Å². The van der Waals surface area contributed by atoms with Crippen molar-refractivity contribution in [1.82, 2.24) is 0 Å². The Morgan fingerprint density at radius 1 is 1.44 bits per heavy atom. The van der Waals surface area contributed by atoms with Crippen LogP contribution in [0.25, 0.3) is 0 Å². The fourth-order valence-corrected chi connectivity index (χ4v) is 1.91. The molecular weight excluding hydrogens is 275 g/mol. The molecule has 1 unspecified atom stereocenters. The molecule has 1 aromatic carbocycles. The first-order valence-corrected chi connectivity index (χ1v) is 6.59. The number of aliphatic hydroxyl groups is 1. The number of aliphatic hydroxyl groups excluding tert-OH is 1. The van der Waals surface area contributed by atoms with E-state index in [0.717, 1.165) is 6.42 Å². The number of rotatable bonds is 6. The largest absolute Gasteiger partial charge is 0.466 e. The minimum Gasteiger partial charge on any atom is -0.466 e.